The van der Waals surface area contributed by atoms with E-state index in [1.54, 1.807) is 0 Å². The zero-order valence-corrected chi connectivity index (χ0v) is 44.1. The Morgan fingerprint density at radius 2 is 0.899 bits per heavy atom. The molecule has 69 heavy (non-hydrogen) atoms. The molecule has 8 aromatic rings. The molecule has 0 atom stereocenters. The van der Waals surface area contributed by atoms with E-state index < -0.39 is 0 Å². The number of benzene rings is 7. The molecule has 0 N–H and O–H groups in total. The van der Waals surface area contributed by atoms with E-state index in [2.05, 4.69) is 221 Å². The Balaban J connectivity index is 1.18. The molecule has 0 unspecified atom stereocenters. The van der Waals surface area contributed by atoms with Crippen molar-refractivity contribution in [3.63, 3.8) is 0 Å². The van der Waals surface area contributed by atoms with Gasteiger partial charge in [-0.15, -0.1) is 11.3 Å². The predicted octanol–water partition coefficient (Wildman–Crippen LogP) is 16.1. The highest BCUT2D eigenvalue weighted by Crippen LogP contribution is 2.56. The van der Waals surface area contributed by atoms with Crippen LogP contribution in [0.5, 0.6) is 0 Å². The molecule has 13 rings (SSSR count). The minimum Gasteiger partial charge on any atom is -0.311 e. The first-order valence-corrected chi connectivity index (χ1v) is 26.7. The molecule has 2 nitrogen and oxygen atoms in total. The molecular weight excluding hydrogens is 852 g/mol. The van der Waals surface area contributed by atoms with E-state index >= 15 is 0 Å². The largest absolute Gasteiger partial charge is 0.311 e. The van der Waals surface area contributed by atoms with Crippen molar-refractivity contribution >= 4 is 88.7 Å². The van der Waals surface area contributed by atoms with Crippen LogP contribution in [0, 0.1) is 6.92 Å². The number of rotatable bonds is 2. The highest BCUT2D eigenvalue weighted by molar-refractivity contribution is 7.26. The summed E-state index contributed by atoms with van der Waals surface area (Å²) in [6.07, 6.45) is 4.74. The van der Waals surface area contributed by atoms with Crippen LogP contribution in [-0.2, 0) is 32.5 Å². The van der Waals surface area contributed by atoms with Gasteiger partial charge in [0.05, 0.1) is 10.4 Å². The second-order valence-electron chi connectivity index (χ2n) is 25.5. The average molecular weight is 919 g/mol. The Morgan fingerprint density at radius 1 is 0.406 bits per heavy atom. The monoisotopic (exact) mass is 919 g/mol. The minimum atomic E-state index is -0.200. The van der Waals surface area contributed by atoms with Gasteiger partial charge < -0.3 is 9.80 Å². The molecule has 3 heterocycles. The summed E-state index contributed by atoms with van der Waals surface area (Å²) >= 11 is 1.94. The molecule has 346 valence electrons. The number of nitrogens with zero attached hydrogens (tertiary/aromatic N) is 2. The van der Waals surface area contributed by atoms with Gasteiger partial charge in [0.15, 0.2) is 0 Å². The van der Waals surface area contributed by atoms with Gasteiger partial charge in [0.2, 0.25) is 0 Å². The van der Waals surface area contributed by atoms with Crippen LogP contribution in [0.2, 0.25) is 0 Å². The zero-order chi connectivity index (χ0) is 48.1. The molecule has 4 heteroatoms. The van der Waals surface area contributed by atoms with Crippen molar-refractivity contribution in [3.8, 4) is 0 Å². The number of hydrogen-bond acceptors (Lipinski definition) is 3. The van der Waals surface area contributed by atoms with Crippen molar-refractivity contribution in [2.24, 2.45) is 0 Å². The summed E-state index contributed by atoms with van der Waals surface area (Å²) in [5.74, 6) is 0. The third-order valence-electron chi connectivity index (χ3n) is 18.7. The molecule has 3 aliphatic carbocycles. The lowest BCUT2D eigenvalue weighted by Gasteiger charge is -2.49. The molecule has 7 aromatic carbocycles. The third-order valence-corrected chi connectivity index (χ3v) is 19.9. The molecule has 0 spiro atoms. The van der Waals surface area contributed by atoms with Crippen molar-refractivity contribution in [1.82, 2.24) is 0 Å². The van der Waals surface area contributed by atoms with Crippen LogP contribution in [0.25, 0.3) is 20.2 Å². The summed E-state index contributed by atoms with van der Waals surface area (Å²) in [7, 11) is 0. The average Bonchev–Trinajstić information content (AvgIpc) is 3.70. The number of aryl methyl sites for hydroxylation is 1. The molecule has 0 bridgehead atoms. The van der Waals surface area contributed by atoms with Crippen molar-refractivity contribution in [2.75, 3.05) is 9.80 Å². The van der Waals surface area contributed by atoms with Crippen LogP contribution >= 0.6 is 11.3 Å². The summed E-state index contributed by atoms with van der Waals surface area (Å²) < 4.78 is 2.67. The quantitative estimate of drug-likeness (QED) is 0.159. The molecule has 0 fully saturated rings. The van der Waals surface area contributed by atoms with Crippen molar-refractivity contribution in [3.05, 3.63) is 171 Å². The van der Waals surface area contributed by atoms with Gasteiger partial charge in [0, 0.05) is 54.7 Å². The van der Waals surface area contributed by atoms with E-state index in [1.165, 1.54) is 146 Å². The lowest BCUT2D eigenvalue weighted by atomic mass is 9.32. The van der Waals surface area contributed by atoms with Crippen LogP contribution in [-0.4, -0.2) is 6.71 Å². The second-order valence-corrected chi connectivity index (χ2v) is 26.6. The third kappa shape index (κ3) is 5.85. The van der Waals surface area contributed by atoms with Crippen molar-refractivity contribution in [2.45, 2.75) is 148 Å². The Bertz CT molecular complexity index is 3560. The topological polar surface area (TPSA) is 6.48 Å². The number of hydrogen-bond donors (Lipinski definition) is 0. The first kappa shape index (κ1) is 43.4. The predicted molar refractivity (Wildman–Crippen MR) is 299 cm³/mol. The lowest BCUT2D eigenvalue weighted by Crippen LogP contribution is -2.62. The van der Waals surface area contributed by atoms with E-state index in [-0.39, 0.29) is 39.2 Å². The molecule has 0 amide bonds. The Hall–Kier alpha value is -5.58. The van der Waals surface area contributed by atoms with Crippen LogP contribution in [0.15, 0.2) is 121 Å². The SMILES string of the molecule is Cc1cc2c3c(c1)N(c1cccc4c1sc1ccccc14)c1cc4c(cc1B3c1cc3c(cc1N2c1ccc2c(c1)C(C)(C)CCC2(C)C)C(C)(C)CCC3(C)C)C(C)(C)c1ccccc1C4(C)C. The van der Waals surface area contributed by atoms with Gasteiger partial charge in [0.1, 0.15) is 0 Å². The Morgan fingerprint density at radius 3 is 1.55 bits per heavy atom. The van der Waals surface area contributed by atoms with E-state index in [0.29, 0.717) is 0 Å². The molecule has 5 aliphatic rings. The van der Waals surface area contributed by atoms with Gasteiger partial charge in [-0.2, -0.15) is 0 Å². The van der Waals surface area contributed by atoms with Gasteiger partial charge >= 0.3 is 0 Å². The van der Waals surface area contributed by atoms with Gasteiger partial charge in [-0.3, -0.25) is 0 Å². The van der Waals surface area contributed by atoms with Crippen LogP contribution in [0.3, 0.4) is 0 Å². The maximum absolute atomic E-state index is 2.72. The number of thiophene rings is 1. The van der Waals surface area contributed by atoms with E-state index in [0.717, 1.165) is 0 Å². The fraction of sp³-hybridized carbons (Fsp3) is 0.354. The maximum atomic E-state index is 2.72. The summed E-state index contributed by atoms with van der Waals surface area (Å²) in [5, 5.41) is 2.66. The van der Waals surface area contributed by atoms with Crippen molar-refractivity contribution in [1.29, 1.82) is 0 Å². The van der Waals surface area contributed by atoms with Crippen LogP contribution < -0.4 is 26.2 Å². The Labute approximate surface area is 415 Å². The zero-order valence-electron chi connectivity index (χ0n) is 43.3. The highest BCUT2D eigenvalue weighted by Gasteiger charge is 2.50. The Kier molecular flexibility index (Phi) is 8.72. The van der Waals surface area contributed by atoms with E-state index in [1.807, 2.05) is 11.3 Å². The standard InChI is InChI=1S/C65H67BN2S/c1-38-31-55-58-56(32-38)68(52-23-18-20-41-40-19-14-17-24-57(40)69-59(41)52)54-37-49-48(64(10,11)43-21-15-16-22-44(43)65(49,12)13)35-51(54)66(58)50-34-46-47(63(8,9)30-29-62(46,6)7)36-53(50)67(55)39-25-26-42-45(33-39)61(4,5)28-27-60(42,2)3/h14-26,31-37H,27-30H2,1-13H3. The van der Waals surface area contributed by atoms with E-state index in [4.69, 9.17) is 0 Å². The smallest absolute Gasteiger partial charge is 0.252 e. The van der Waals surface area contributed by atoms with Crippen molar-refractivity contribution < 1.29 is 0 Å². The van der Waals surface area contributed by atoms with E-state index in [9.17, 15) is 0 Å². The molecule has 0 radical (unpaired) electrons. The first-order valence-electron chi connectivity index (χ1n) is 25.9. The van der Waals surface area contributed by atoms with Gasteiger partial charge in [-0.1, -0.05) is 156 Å². The molecule has 0 saturated heterocycles. The molecule has 0 saturated carbocycles. The lowest BCUT2D eigenvalue weighted by molar-refractivity contribution is 0.332. The van der Waals surface area contributed by atoms with Gasteiger partial charge in [-0.05, 0) is 169 Å². The maximum Gasteiger partial charge on any atom is 0.252 e. The highest BCUT2D eigenvalue weighted by atomic mass is 32.1. The number of anilines is 6. The van der Waals surface area contributed by atoms with Crippen LogP contribution in [0.4, 0.5) is 34.1 Å². The van der Waals surface area contributed by atoms with Gasteiger partial charge in [-0.25, -0.2) is 0 Å². The summed E-state index contributed by atoms with van der Waals surface area (Å²) in [6, 6.07) is 48.7. The molecule has 1 aromatic heterocycles. The second kappa shape index (κ2) is 13.8. The van der Waals surface area contributed by atoms with Gasteiger partial charge in [0.25, 0.3) is 6.71 Å². The summed E-state index contributed by atoms with van der Waals surface area (Å²) in [5.41, 5.74) is 25.0. The first-order chi connectivity index (χ1) is 32.6. The molecular formula is C65H67BN2S. The molecule has 2 aliphatic heterocycles. The summed E-state index contributed by atoms with van der Waals surface area (Å²) in [6.45, 7) is 32.1. The minimum absolute atomic E-state index is 0.0234. The fourth-order valence-corrected chi connectivity index (χ4v) is 15.5. The fourth-order valence-electron chi connectivity index (χ4n) is 14.3. The summed E-state index contributed by atoms with van der Waals surface area (Å²) in [4.78, 5) is 5.44. The normalized spacial score (nSPS) is 20.0. The van der Waals surface area contributed by atoms with Crippen LogP contribution in [0.1, 0.15) is 159 Å². The number of fused-ring (bicyclic) bond motifs is 11.